The molecule has 1 N–H and O–H groups in total. The van der Waals surface area contributed by atoms with E-state index in [-0.39, 0.29) is 17.1 Å². The summed E-state index contributed by atoms with van der Waals surface area (Å²) in [6.45, 7) is 8.70. The SMILES string of the molecule is COO[C@]1(C)CCO[C@@H](c2ccc(OC)cc2)[C@H]1C1=C(O)C(C)(C)C(=O)C(C)(C)C1=O. The van der Waals surface area contributed by atoms with Gasteiger partial charge in [0.2, 0.25) is 0 Å². The van der Waals surface area contributed by atoms with Crippen molar-refractivity contribution in [3.63, 3.8) is 0 Å². The van der Waals surface area contributed by atoms with Crippen molar-refractivity contribution in [3.8, 4) is 5.75 Å². The molecule has 0 bridgehead atoms. The topological polar surface area (TPSA) is 91.3 Å². The molecule has 31 heavy (non-hydrogen) atoms. The predicted molar refractivity (Wildman–Crippen MR) is 114 cm³/mol. The van der Waals surface area contributed by atoms with Gasteiger partial charge in [-0.3, -0.25) is 9.59 Å². The standard InChI is InChI=1S/C24H32O7/c1-22(2)19(25)16(20(26)23(3,4)21(22)27)17-18(14-8-10-15(28-6)11-9-14)30-13-12-24(17,5)31-29-7/h8-11,17-18,25H,12-13H2,1-7H3/t17-,18+,24-/m1/s1. The lowest BCUT2D eigenvalue weighted by Crippen LogP contribution is -2.55. The molecule has 0 amide bonds. The first-order chi connectivity index (χ1) is 14.4. The molecule has 0 saturated carbocycles. The number of aliphatic hydroxyl groups is 1. The van der Waals surface area contributed by atoms with Gasteiger partial charge in [0.25, 0.3) is 0 Å². The van der Waals surface area contributed by atoms with E-state index in [2.05, 4.69) is 0 Å². The van der Waals surface area contributed by atoms with E-state index < -0.39 is 34.2 Å². The fourth-order valence-electron chi connectivity index (χ4n) is 4.84. The summed E-state index contributed by atoms with van der Waals surface area (Å²) in [5.74, 6) is -0.987. The third-order valence-corrected chi connectivity index (χ3v) is 6.68. The molecule has 1 aliphatic carbocycles. The Balaban J connectivity index is 2.24. The van der Waals surface area contributed by atoms with Gasteiger partial charge in [0.1, 0.15) is 17.1 Å². The summed E-state index contributed by atoms with van der Waals surface area (Å²) >= 11 is 0. The molecule has 1 aromatic rings. The van der Waals surface area contributed by atoms with Crippen LogP contribution in [0.25, 0.3) is 0 Å². The van der Waals surface area contributed by atoms with Crippen LogP contribution in [0.15, 0.2) is 35.6 Å². The highest BCUT2D eigenvalue weighted by Gasteiger charge is 2.59. The number of hydrogen-bond donors (Lipinski definition) is 1. The van der Waals surface area contributed by atoms with E-state index in [1.165, 1.54) is 7.11 Å². The quantitative estimate of drug-likeness (QED) is 0.425. The van der Waals surface area contributed by atoms with Gasteiger partial charge in [0, 0.05) is 12.0 Å². The molecular weight excluding hydrogens is 400 g/mol. The van der Waals surface area contributed by atoms with Crippen LogP contribution in [0.1, 0.15) is 52.7 Å². The third kappa shape index (κ3) is 3.69. The summed E-state index contributed by atoms with van der Waals surface area (Å²) in [6.07, 6.45) is -0.155. The van der Waals surface area contributed by atoms with Crippen molar-refractivity contribution >= 4 is 11.6 Å². The minimum absolute atomic E-state index is 0.162. The van der Waals surface area contributed by atoms with Gasteiger partial charge in [-0.2, -0.15) is 0 Å². The Morgan fingerprint density at radius 3 is 2.16 bits per heavy atom. The molecule has 1 saturated heterocycles. The number of Topliss-reactive ketones (excluding diaryl/α,β-unsaturated/α-hetero) is 2. The average molecular weight is 433 g/mol. The van der Waals surface area contributed by atoms with Gasteiger partial charge in [-0.05, 0) is 52.3 Å². The number of methoxy groups -OCH3 is 1. The van der Waals surface area contributed by atoms with E-state index in [0.717, 1.165) is 5.56 Å². The zero-order valence-electron chi connectivity index (χ0n) is 19.3. The van der Waals surface area contributed by atoms with Crippen LogP contribution in [0.3, 0.4) is 0 Å². The molecule has 7 nitrogen and oxygen atoms in total. The number of carbonyl (C=O) groups excluding carboxylic acids is 2. The van der Waals surface area contributed by atoms with E-state index in [1.807, 2.05) is 31.2 Å². The van der Waals surface area contributed by atoms with Gasteiger partial charge >= 0.3 is 0 Å². The summed E-state index contributed by atoms with van der Waals surface area (Å²) in [5, 5.41) is 11.2. The second kappa shape index (κ2) is 8.04. The molecule has 1 aromatic carbocycles. The summed E-state index contributed by atoms with van der Waals surface area (Å²) in [7, 11) is 3.00. The fourth-order valence-corrected chi connectivity index (χ4v) is 4.84. The number of carbonyl (C=O) groups is 2. The zero-order chi connectivity index (χ0) is 23.2. The second-order valence-corrected chi connectivity index (χ2v) is 9.53. The maximum atomic E-state index is 13.6. The molecule has 3 rings (SSSR count). The van der Waals surface area contributed by atoms with Crippen molar-refractivity contribution < 1.29 is 33.9 Å². The molecule has 0 spiro atoms. The molecule has 1 aliphatic heterocycles. The minimum Gasteiger partial charge on any atom is -0.511 e. The molecule has 170 valence electrons. The largest absolute Gasteiger partial charge is 0.511 e. The number of allylic oxidation sites excluding steroid dienone is 1. The summed E-state index contributed by atoms with van der Waals surface area (Å²) in [5.41, 5.74) is -2.51. The Hall–Kier alpha value is -2.22. The smallest absolute Gasteiger partial charge is 0.175 e. The van der Waals surface area contributed by atoms with Crippen molar-refractivity contribution in [1.29, 1.82) is 0 Å². The lowest BCUT2D eigenvalue weighted by Gasteiger charge is -2.48. The van der Waals surface area contributed by atoms with Crippen molar-refractivity contribution in [1.82, 2.24) is 0 Å². The van der Waals surface area contributed by atoms with Crippen LogP contribution >= 0.6 is 0 Å². The average Bonchev–Trinajstić information content (AvgIpc) is 2.73. The Bertz CT molecular complexity index is 893. The Morgan fingerprint density at radius 2 is 1.61 bits per heavy atom. The lowest BCUT2D eigenvalue weighted by atomic mass is 9.58. The number of benzene rings is 1. The molecule has 2 aliphatic rings. The van der Waals surface area contributed by atoms with Crippen LogP contribution < -0.4 is 4.74 Å². The highest BCUT2D eigenvalue weighted by Crippen LogP contribution is 2.53. The number of ether oxygens (including phenoxy) is 2. The second-order valence-electron chi connectivity index (χ2n) is 9.53. The van der Waals surface area contributed by atoms with E-state index in [1.54, 1.807) is 34.8 Å². The van der Waals surface area contributed by atoms with E-state index in [4.69, 9.17) is 19.2 Å². The van der Waals surface area contributed by atoms with Crippen molar-refractivity contribution in [3.05, 3.63) is 41.2 Å². The molecule has 0 unspecified atom stereocenters. The van der Waals surface area contributed by atoms with Gasteiger partial charge in [0.15, 0.2) is 11.6 Å². The first-order valence-corrected chi connectivity index (χ1v) is 10.4. The molecule has 1 heterocycles. The molecule has 7 heteroatoms. The number of hydrogen-bond acceptors (Lipinski definition) is 7. The van der Waals surface area contributed by atoms with Crippen LogP contribution in [0, 0.1) is 16.7 Å². The first-order valence-electron chi connectivity index (χ1n) is 10.4. The third-order valence-electron chi connectivity index (χ3n) is 6.68. The monoisotopic (exact) mass is 432 g/mol. The van der Waals surface area contributed by atoms with E-state index in [0.29, 0.717) is 18.8 Å². The van der Waals surface area contributed by atoms with Crippen LogP contribution in [0.4, 0.5) is 0 Å². The van der Waals surface area contributed by atoms with Crippen LogP contribution in [0.5, 0.6) is 5.75 Å². The lowest BCUT2D eigenvalue weighted by molar-refractivity contribution is -0.368. The highest BCUT2D eigenvalue weighted by molar-refractivity contribution is 6.19. The van der Waals surface area contributed by atoms with Gasteiger partial charge in [-0.25, -0.2) is 9.78 Å². The summed E-state index contributed by atoms with van der Waals surface area (Å²) in [6, 6.07) is 7.35. The molecule has 0 aromatic heterocycles. The van der Waals surface area contributed by atoms with Crippen LogP contribution in [-0.4, -0.2) is 43.1 Å². The molecule has 1 fully saturated rings. The fraction of sp³-hybridized carbons (Fsp3) is 0.583. The maximum Gasteiger partial charge on any atom is 0.175 e. The van der Waals surface area contributed by atoms with Gasteiger partial charge in [-0.1, -0.05) is 12.1 Å². The van der Waals surface area contributed by atoms with E-state index in [9.17, 15) is 14.7 Å². The Morgan fingerprint density at radius 1 is 1.00 bits per heavy atom. The zero-order valence-corrected chi connectivity index (χ0v) is 19.3. The highest BCUT2D eigenvalue weighted by atomic mass is 17.2. The molecule has 0 radical (unpaired) electrons. The molecule has 3 atom stereocenters. The normalized spacial score (nSPS) is 30.4. The summed E-state index contributed by atoms with van der Waals surface area (Å²) in [4.78, 5) is 37.4. The van der Waals surface area contributed by atoms with E-state index >= 15 is 0 Å². The Kier molecular flexibility index (Phi) is 6.08. The van der Waals surface area contributed by atoms with Crippen molar-refractivity contribution in [2.24, 2.45) is 16.7 Å². The van der Waals surface area contributed by atoms with Gasteiger partial charge in [0.05, 0.1) is 43.7 Å². The van der Waals surface area contributed by atoms with Gasteiger partial charge in [-0.15, -0.1) is 0 Å². The minimum atomic E-state index is -1.29. The number of rotatable bonds is 5. The maximum absolute atomic E-state index is 13.6. The van der Waals surface area contributed by atoms with Crippen LogP contribution in [0.2, 0.25) is 0 Å². The predicted octanol–water partition coefficient (Wildman–Crippen LogP) is 4.13. The summed E-state index contributed by atoms with van der Waals surface area (Å²) < 4.78 is 11.4. The number of ketones is 2. The van der Waals surface area contributed by atoms with Crippen LogP contribution in [-0.2, 0) is 24.1 Å². The number of aliphatic hydroxyl groups excluding tert-OH is 1. The van der Waals surface area contributed by atoms with Crippen molar-refractivity contribution in [2.75, 3.05) is 20.8 Å². The Labute approximate surface area is 183 Å². The van der Waals surface area contributed by atoms with Crippen molar-refractivity contribution in [2.45, 2.75) is 52.7 Å². The molecular formula is C24H32O7. The first kappa shape index (κ1) is 23.4. The van der Waals surface area contributed by atoms with Gasteiger partial charge < -0.3 is 14.6 Å².